The molecule has 12 heavy (non-hydrogen) atoms. The minimum Gasteiger partial charge on any atom is -0.259 e. The summed E-state index contributed by atoms with van der Waals surface area (Å²) in [5, 5.41) is 0. The molecule has 0 saturated heterocycles. The Labute approximate surface area is 97.2 Å². The molecule has 0 aliphatic carbocycles. The largest absolute Gasteiger partial charge is 0.259 e. The Bertz CT molecular complexity index is 435. The number of pyridine rings is 1. The van der Waals surface area contributed by atoms with Crippen molar-refractivity contribution in [3.8, 4) is 0 Å². The Morgan fingerprint density at radius 1 is 1.50 bits per heavy atom. The predicted molar refractivity (Wildman–Crippen MR) is 64.4 cm³/mol. The van der Waals surface area contributed by atoms with Gasteiger partial charge in [-0.05, 0) is 13.0 Å². The van der Waals surface area contributed by atoms with Gasteiger partial charge in [0.2, 0.25) is 0 Å². The Morgan fingerprint density at radius 3 is 2.92 bits per heavy atom. The number of aromatic nitrogens is 3. The van der Waals surface area contributed by atoms with E-state index < -0.39 is 0 Å². The molecular formula is C7H5I2N3. The second kappa shape index (κ2) is 3.09. The van der Waals surface area contributed by atoms with Gasteiger partial charge >= 0.3 is 0 Å². The molecule has 2 heterocycles. The van der Waals surface area contributed by atoms with Crippen LogP contribution in [-0.4, -0.2) is 12.7 Å². The van der Waals surface area contributed by atoms with Gasteiger partial charge in [-0.1, -0.05) is 0 Å². The normalized spacial score (nSPS) is 10.9. The van der Waals surface area contributed by atoms with E-state index in [4.69, 9.17) is 0 Å². The molecule has 0 saturated carbocycles. The number of imidazole rings is 1. The molecule has 2 rings (SSSR count). The van der Waals surface area contributed by atoms with Crippen LogP contribution in [0.5, 0.6) is 0 Å². The number of rotatable bonds is 0. The predicted octanol–water partition coefficient (Wildman–Crippen LogP) is 2.54. The molecule has 2 aromatic heterocycles. The average molecular weight is 385 g/mol. The third kappa shape index (κ3) is 1.22. The zero-order valence-electron chi connectivity index (χ0n) is 6.25. The lowest BCUT2D eigenvalue weighted by Gasteiger charge is -1.95. The van der Waals surface area contributed by atoms with Gasteiger partial charge in [0, 0.05) is 28.8 Å². The third-order valence-electron chi connectivity index (χ3n) is 1.66. The van der Waals surface area contributed by atoms with Gasteiger partial charge in [0.25, 0.3) is 0 Å². The summed E-state index contributed by atoms with van der Waals surface area (Å²) in [6.45, 7) is 2.00. The summed E-state index contributed by atoms with van der Waals surface area (Å²) in [5.74, 6) is 0. The summed E-state index contributed by atoms with van der Waals surface area (Å²) in [6, 6.07) is 1.93. The van der Waals surface area contributed by atoms with Gasteiger partial charge in [-0.2, -0.15) is 0 Å². The molecule has 0 radical (unpaired) electrons. The molecule has 0 unspecified atom stereocenters. The lowest BCUT2D eigenvalue weighted by Crippen LogP contribution is -1.86. The first-order valence-corrected chi connectivity index (χ1v) is 5.40. The van der Waals surface area contributed by atoms with Crippen LogP contribution in [0.1, 0.15) is 5.69 Å². The van der Waals surface area contributed by atoms with E-state index in [1.807, 2.05) is 15.8 Å². The third-order valence-corrected chi connectivity index (χ3v) is 4.24. The van der Waals surface area contributed by atoms with E-state index in [1.54, 1.807) is 6.20 Å². The van der Waals surface area contributed by atoms with E-state index in [2.05, 4.69) is 55.4 Å². The molecule has 2 aromatic rings. The Kier molecular flexibility index (Phi) is 2.23. The van der Waals surface area contributed by atoms with Crippen LogP contribution in [0.4, 0.5) is 0 Å². The van der Waals surface area contributed by atoms with Gasteiger partial charge in [-0.15, -0.1) is 0 Å². The number of hydrogen-bond donors (Lipinski definition) is 0. The van der Waals surface area contributed by atoms with Crippen LogP contribution in [0.15, 0.2) is 12.3 Å². The van der Waals surface area contributed by atoms with Crippen LogP contribution in [0.25, 0.3) is 11.0 Å². The van der Waals surface area contributed by atoms with Crippen LogP contribution < -0.4 is 0 Å². The lowest BCUT2D eigenvalue weighted by molar-refractivity contribution is 1.19. The van der Waals surface area contributed by atoms with E-state index in [1.165, 1.54) is 0 Å². The van der Waals surface area contributed by atoms with Crippen LogP contribution in [0, 0.1) is 10.8 Å². The highest BCUT2D eigenvalue weighted by Gasteiger charge is 2.07. The van der Waals surface area contributed by atoms with Crippen molar-refractivity contribution in [2.75, 3.05) is 0 Å². The molecule has 0 amide bonds. The number of nitrogens with zero attached hydrogens (tertiary/aromatic N) is 3. The van der Waals surface area contributed by atoms with Crippen molar-refractivity contribution < 1.29 is 0 Å². The van der Waals surface area contributed by atoms with Crippen LogP contribution >= 0.6 is 45.5 Å². The number of aryl methyl sites for hydroxylation is 1. The number of hydrogen-bond acceptors (Lipinski definition) is 2. The molecule has 0 aromatic carbocycles. The van der Waals surface area contributed by atoms with E-state index in [0.717, 1.165) is 20.6 Å². The summed E-state index contributed by atoms with van der Waals surface area (Å²) in [6.07, 6.45) is 1.79. The van der Waals surface area contributed by atoms with Crippen molar-refractivity contribution in [2.45, 2.75) is 6.92 Å². The molecule has 0 aliphatic rings. The van der Waals surface area contributed by atoms with Crippen molar-refractivity contribution in [2.24, 2.45) is 0 Å². The van der Waals surface area contributed by atoms with E-state index in [9.17, 15) is 0 Å². The highest BCUT2D eigenvalue weighted by molar-refractivity contribution is 14.1. The first-order valence-electron chi connectivity index (χ1n) is 3.36. The summed E-state index contributed by atoms with van der Waals surface area (Å²) >= 11 is 4.44. The Morgan fingerprint density at radius 2 is 2.25 bits per heavy atom. The fourth-order valence-electron chi connectivity index (χ4n) is 1.11. The highest BCUT2D eigenvalue weighted by atomic mass is 127. The standard InChI is InChI=1S/C7H5I2N3/c1-4-6-5(2-3-10-4)11-7(8)12(6)9/h2-3H,1H3. The molecule has 0 N–H and O–H groups in total. The highest BCUT2D eigenvalue weighted by Crippen LogP contribution is 2.21. The van der Waals surface area contributed by atoms with Crippen LogP contribution in [0.3, 0.4) is 0 Å². The van der Waals surface area contributed by atoms with Crippen molar-refractivity contribution in [1.82, 2.24) is 12.7 Å². The van der Waals surface area contributed by atoms with E-state index in [0.29, 0.717) is 0 Å². The molecule has 0 aliphatic heterocycles. The van der Waals surface area contributed by atoms with Gasteiger partial charge in [-0.3, -0.25) is 7.76 Å². The fourth-order valence-corrected chi connectivity index (χ4v) is 2.32. The zero-order valence-corrected chi connectivity index (χ0v) is 10.6. The van der Waals surface area contributed by atoms with Crippen molar-refractivity contribution in [3.05, 3.63) is 21.8 Å². The fraction of sp³-hybridized carbons (Fsp3) is 0.143. The van der Waals surface area contributed by atoms with Crippen molar-refractivity contribution >= 4 is 56.5 Å². The Hall–Kier alpha value is 0.0800. The topological polar surface area (TPSA) is 30.7 Å². The maximum Gasteiger partial charge on any atom is 0.181 e. The maximum atomic E-state index is 4.38. The minimum absolute atomic E-state index is 0.985. The van der Waals surface area contributed by atoms with Crippen LogP contribution in [0.2, 0.25) is 0 Å². The molecule has 0 bridgehead atoms. The van der Waals surface area contributed by atoms with Crippen molar-refractivity contribution in [3.63, 3.8) is 0 Å². The molecule has 62 valence electrons. The smallest absolute Gasteiger partial charge is 0.181 e. The number of fused-ring (bicyclic) bond motifs is 1. The summed E-state index contributed by atoms with van der Waals surface area (Å²) in [5.41, 5.74) is 3.15. The molecule has 0 spiro atoms. The summed E-state index contributed by atoms with van der Waals surface area (Å²) < 4.78 is 3.01. The second-order valence-corrected chi connectivity index (χ2v) is 4.36. The summed E-state index contributed by atoms with van der Waals surface area (Å²) in [4.78, 5) is 8.59. The van der Waals surface area contributed by atoms with E-state index in [-0.39, 0.29) is 0 Å². The molecule has 3 nitrogen and oxygen atoms in total. The van der Waals surface area contributed by atoms with Crippen LogP contribution in [-0.2, 0) is 0 Å². The summed E-state index contributed by atoms with van der Waals surface area (Å²) in [7, 11) is 0. The molecule has 0 atom stereocenters. The quantitative estimate of drug-likeness (QED) is 0.653. The molecule has 0 fully saturated rings. The van der Waals surface area contributed by atoms with Gasteiger partial charge in [0.15, 0.2) is 3.83 Å². The average Bonchev–Trinajstić information content (AvgIpc) is 2.29. The first kappa shape index (κ1) is 8.67. The first-order chi connectivity index (χ1) is 5.70. The van der Waals surface area contributed by atoms with E-state index >= 15 is 0 Å². The molecule has 5 heteroatoms. The second-order valence-electron chi connectivity index (χ2n) is 2.43. The van der Waals surface area contributed by atoms with Crippen molar-refractivity contribution in [1.29, 1.82) is 0 Å². The van der Waals surface area contributed by atoms with Gasteiger partial charge in [0.05, 0.1) is 39.6 Å². The molecular weight excluding hydrogens is 380 g/mol. The Balaban J connectivity index is 2.97. The SMILES string of the molecule is Cc1nccc2nc(I)n(I)c12. The van der Waals surface area contributed by atoms with Gasteiger partial charge < -0.3 is 0 Å². The van der Waals surface area contributed by atoms with Gasteiger partial charge in [-0.25, -0.2) is 4.98 Å². The maximum absolute atomic E-state index is 4.38. The van der Waals surface area contributed by atoms with Gasteiger partial charge in [0.1, 0.15) is 0 Å². The lowest BCUT2D eigenvalue weighted by atomic mass is 10.3. The minimum atomic E-state index is 0.985. The number of halogens is 2. The zero-order chi connectivity index (χ0) is 8.72. The monoisotopic (exact) mass is 385 g/mol.